The van der Waals surface area contributed by atoms with Gasteiger partial charge >= 0.3 is 0 Å². The Kier molecular flexibility index (Phi) is 0.848. The number of hydrogen-bond acceptors (Lipinski definition) is 2. The molecule has 0 spiro atoms. The van der Waals surface area contributed by atoms with Crippen LogP contribution in [0.1, 0.15) is 6.92 Å². The van der Waals surface area contributed by atoms with Crippen LogP contribution in [0.15, 0.2) is 0 Å². The number of rotatable bonds is 0. The quantitative estimate of drug-likeness (QED) is 0.445. The Morgan fingerprint density at radius 1 is 1.67 bits per heavy atom. The second-order valence-corrected chi connectivity index (χ2v) is 3.07. The van der Waals surface area contributed by atoms with Crippen molar-refractivity contribution in [3.8, 4) is 0 Å². The van der Waals surface area contributed by atoms with Gasteiger partial charge in [0.15, 0.2) is 0 Å². The lowest BCUT2D eigenvalue weighted by Crippen LogP contribution is -2.41. The molecule has 6 heavy (non-hydrogen) atoms. The molecule has 1 rings (SSSR count). The van der Waals surface area contributed by atoms with Crippen LogP contribution in [0.2, 0.25) is 0 Å². The highest BCUT2D eigenvalue weighted by atomic mass is 32.1. The largest absolute Gasteiger partial charge is 0.378 e. The van der Waals surface area contributed by atoms with Gasteiger partial charge in [-0.3, -0.25) is 0 Å². The third-order valence-electron chi connectivity index (χ3n) is 0.826. The minimum atomic E-state index is 0.194. The summed E-state index contributed by atoms with van der Waals surface area (Å²) < 4.78 is 5.06. The monoisotopic (exact) mass is 104 g/mol. The zero-order chi connectivity index (χ0) is 4.62. The van der Waals surface area contributed by atoms with Crippen LogP contribution in [0.5, 0.6) is 0 Å². The van der Waals surface area contributed by atoms with Crippen molar-refractivity contribution in [1.29, 1.82) is 0 Å². The second kappa shape index (κ2) is 1.14. The van der Waals surface area contributed by atoms with Crippen molar-refractivity contribution in [2.45, 2.75) is 11.7 Å². The first-order valence-electron chi connectivity index (χ1n) is 2.01. The number of ether oxygens (including phenoxy) is 1. The molecule has 0 amide bonds. The van der Waals surface area contributed by atoms with E-state index in [-0.39, 0.29) is 4.75 Å². The van der Waals surface area contributed by atoms with Gasteiger partial charge < -0.3 is 4.74 Å². The molecule has 0 saturated carbocycles. The molecule has 1 fully saturated rings. The lowest BCUT2D eigenvalue weighted by molar-refractivity contribution is 0.00103. The van der Waals surface area contributed by atoms with Gasteiger partial charge in [0.25, 0.3) is 0 Å². The molecule has 0 aromatic carbocycles. The molecule has 1 saturated heterocycles. The highest BCUT2D eigenvalue weighted by Crippen LogP contribution is 2.22. The van der Waals surface area contributed by atoms with E-state index in [1.807, 2.05) is 0 Å². The summed E-state index contributed by atoms with van der Waals surface area (Å²) in [6.07, 6.45) is 0. The van der Waals surface area contributed by atoms with Gasteiger partial charge in [0.1, 0.15) is 0 Å². The van der Waals surface area contributed by atoms with Gasteiger partial charge in [0.05, 0.1) is 18.0 Å². The van der Waals surface area contributed by atoms with Crippen molar-refractivity contribution in [3.63, 3.8) is 0 Å². The van der Waals surface area contributed by atoms with Crippen molar-refractivity contribution in [3.05, 3.63) is 0 Å². The summed E-state index contributed by atoms with van der Waals surface area (Å²) in [6, 6.07) is 0. The Bertz CT molecular complexity index is 54.6. The summed E-state index contributed by atoms with van der Waals surface area (Å²) in [4.78, 5) is 0. The minimum Gasteiger partial charge on any atom is -0.378 e. The molecule has 0 radical (unpaired) electrons. The molecular weight excluding hydrogens is 96.1 g/mol. The van der Waals surface area contributed by atoms with E-state index < -0.39 is 0 Å². The van der Waals surface area contributed by atoms with Crippen LogP contribution in [0.4, 0.5) is 0 Å². The van der Waals surface area contributed by atoms with Gasteiger partial charge in [-0.25, -0.2) is 0 Å². The number of thiol groups is 1. The Balaban J connectivity index is 2.31. The molecule has 0 N–H and O–H groups in total. The lowest BCUT2D eigenvalue weighted by atomic mass is 10.1. The van der Waals surface area contributed by atoms with Gasteiger partial charge in [-0.05, 0) is 6.92 Å². The third kappa shape index (κ3) is 0.684. The average molecular weight is 104 g/mol. The van der Waals surface area contributed by atoms with Crippen molar-refractivity contribution in [1.82, 2.24) is 0 Å². The topological polar surface area (TPSA) is 9.23 Å². The van der Waals surface area contributed by atoms with E-state index >= 15 is 0 Å². The van der Waals surface area contributed by atoms with Crippen molar-refractivity contribution in [2.75, 3.05) is 13.2 Å². The van der Waals surface area contributed by atoms with E-state index in [1.165, 1.54) is 0 Å². The lowest BCUT2D eigenvalue weighted by Gasteiger charge is -2.32. The summed E-state index contributed by atoms with van der Waals surface area (Å²) >= 11 is 4.22. The Hall–Kier alpha value is 0.310. The first-order chi connectivity index (χ1) is 2.71. The zero-order valence-electron chi connectivity index (χ0n) is 3.77. The Morgan fingerprint density at radius 2 is 2.00 bits per heavy atom. The highest BCUT2D eigenvalue weighted by Gasteiger charge is 2.27. The Morgan fingerprint density at radius 3 is 2.00 bits per heavy atom. The van der Waals surface area contributed by atoms with Crippen LogP contribution < -0.4 is 0 Å². The molecule has 0 atom stereocenters. The summed E-state index contributed by atoms with van der Waals surface area (Å²) in [5, 5.41) is 0. The summed E-state index contributed by atoms with van der Waals surface area (Å²) in [7, 11) is 0. The van der Waals surface area contributed by atoms with Gasteiger partial charge in [-0.15, -0.1) is 0 Å². The molecule has 0 unspecified atom stereocenters. The van der Waals surface area contributed by atoms with E-state index in [4.69, 9.17) is 4.74 Å². The average Bonchev–Trinajstić information content (AvgIpc) is 1.32. The van der Waals surface area contributed by atoms with E-state index in [0.717, 1.165) is 13.2 Å². The molecule has 0 aromatic rings. The molecule has 1 aliphatic heterocycles. The first-order valence-corrected chi connectivity index (χ1v) is 2.46. The van der Waals surface area contributed by atoms with Crippen molar-refractivity contribution < 1.29 is 4.74 Å². The molecule has 1 nitrogen and oxygen atoms in total. The van der Waals surface area contributed by atoms with E-state index in [0.29, 0.717) is 0 Å². The van der Waals surface area contributed by atoms with Gasteiger partial charge in [-0.1, -0.05) is 0 Å². The summed E-state index contributed by atoms with van der Waals surface area (Å²) in [5.41, 5.74) is 0. The fraction of sp³-hybridized carbons (Fsp3) is 1.00. The molecule has 0 bridgehead atoms. The summed E-state index contributed by atoms with van der Waals surface area (Å²) in [6.45, 7) is 3.70. The van der Waals surface area contributed by atoms with Crippen LogP contribution in [0.25, 0.3) is 0 Å². The minimum absolute atomic E-state index is 0.194. The smallest absolute Gasteiger partial charge is 0.0631 e. The third-order valence-corrected chi connectivity index (χ3v) is 1.08. The molecule has 0 aromatic heterocycles. The van der Waals surface area contributed by atoms with Gasteiger partial charge in [0, 0.05) is 0 Å². The standard InChI is InChI=1S/C4H8OS/c1-4(6)2-5-3-4/h6H,2-3H2,1H3. The molecule has 1 aliphatic rings. The van der Waals surface area contributed by atoms with Crippen molar-refractivity contribution >= 4 is 12.6 Å². The predicted octanol–water partition coefficient (Wildman–Crippen LogP) is 0.705. The molecular formula is C4H8OS. The van der Waals surface area contributed by atoms with Crippen LogP contribution in [-0.2, 0) is 4.74 Å². The molecule has 2 heteroatoms. The maximum atomic E-state index is 4.86. The molecule has 1 heterocycles. The fourth-order valence-corrected chi connectivity index (χ4v) is 0.580. The van der Waals surface area contributed by atoms with E-state index in [2.05, 4.69) is 19.6 Å². The van der Waals surface area contributed by atoms with Crippen LogP contribution in [-0.4, -0.2) is 18.0 Å². The van der Waals surface area contributed by atoms with Gasteiger partial charge in [0.2, 0.25) is 0 Å². The van der Waals surface area contributed by atoms with Crippen LogP contribution in [0.3, 0.4) is 0 Å². The fourth-order valence-electron chi connectivity index (χ4n) is 0.397. The SMILES string of the molecule is CC1(S)COC1. The second-order valence-electron chi connectivity index (χ2n) is 1.99. The number of hydrogen-bond donors (Lipinski definition) is 1. The first kappa shape index (κ1) is 4.47. The molecule has 36 valence electrons. The zero-order valence-corrected chi connectivity index (χ0v) is 4.66. The van der Waals surface area contributed by atoms with Crippen LogP contribution >= 0.6 is 12.6 Å². The van der Waals surface area contributed by atoms with Crippen molar-refractivity contribution in [2.24, 2.45) is 0 Å². The van der Waals surface area contributed by atoms with Gasteiger partial charge in [-0.2, -0.15) is 12.6 Å². The maximum absolute atomic E-state index is 4.86. The van der Waals surface area contributed by atoms with Crippen LogP contribution in [0, 0.1) is 0 Å². The molecule has 0 aliphatic carbocycles. The van der Waals surface area contributed by atoms with E-state index in [1.54, 1.807) is 0 Å². The van der Waals surface area contributed by atoms with E-state index in [9.17, 15) is 0 Å². The normalized spacial score (nSPS) is 29.0. The highest BCUT2D eigenvalue weighted by molar-refractivity contribution is 7.81. The summed E-state index contributed by atoms with van der Waals surface area (Å²) in [5.74, 6) is 0. The predicted molar refractivity (Wildman–Crippen MR) is 28.2 cm³/mol. The Labute approximate surface area is 43.1 Å². The maximum Gasteiger partial charge on any atom is 0.0631 e.